The number of fused-ring (bicyclic) bond motifs is 1. The fourth-order valence-electron chi connectivity index (χ4n) is 1.68. The quantitative estimate of drug-likeness (QED) is 0.880. The second-order valence-electron chi connectivity index (χ2n) is 4.19. The van der Waals surface area contributed by atoms with Gasteiger partial charge >= 0.3 is 6.18 Å². The van der Waals surface area contributed by atoms with Crippen molar-refractivity contribution in [3.8, 4) is 0 Å². The smallest absolute Gasteiger partial charge is 0.311 e. The third-order valence-corrected chi connectivity index (χ3v) is 2.90. The lowest BCUT2D eigenvalue weighted by Crippen LogP contribution is -2.20. The molecule has 1 heterocycles. The van der Waals surface area contributed by atoms with Gasteiger partial charge in [0.25, 0.3) is 5.56 Å². The Hall–Kier alpha value is -1.89. The largest absolute Gasteiger partial charge is 0.416 e. The molecule has 1 aromatic heterocycles. The number of aromatic amines is 1. The first-order chi connectivity index (χ1) is 8.82. The molecule has 19 heavy (non-hydrogen) atoms. The van der Waals surface area contributed by atoms with Crippen LogP contribution >= 0.6 is 0 Å². The fourth-order valence-corrected chi connectivity index (χ4v) is 1.68. The van der Waals surface area contributed by atoms with Gasteiger partial charge < -0.3 is 10.3 Å². The molecule has 1 unspecified atom stereocenters. The molecule has 102 valence electrons. The number of nitrogens with zero attached hydrogens (tertiary/aromatic N) is 1. The van der Waals surface area contributed by atoms with E-state index in [-0.39, 0.29) is 16.9 Å². The minimum atomic E-state index is -4.45. The zero-order valence-electron chi connectivity index (χ0n) is 10.3. The molecule has 0 aliphatic rings. The SMILES string of the molecule is CNC(C)c1nc2cc(C(F)(F)F)ccc2c(=O)[nH]1. The van der Waals surface area contributed by atoms with E-state index < -0.39 is 17.3 Å². The van der Waals surface area contributed by atoms with Gasteiger partial charge in [0.1, 0.15) is 5.82 Å². The Balaban J connectivity index is 2.67. The van der Waals surface area contributed by atoms with Crippen molar-refractivity contribution in [1.29, 1.82) is 0 Å². The fraction of sp³-hybridized carbons (Fsp3) is 0.333. The topological polar surface area (TPSA) is 57.8 Å². The van der Waals surface area contributed by atoms with E-state index in [2.05, 4.69) is 15.3 Å². The summed E-state index contributed by atoms with van der Waals surface area (Å²) >= 11 is 0. The molecule has 0 radical (unpaired) electrons. The van der Waals surface area contributed by atoms with Crippen LogP contribution in [-0.4, -0.2) is 17.0 Å². The summed E-state index contributed by atoms with van der Waals surface area (Å²) in [6.45, 7) is 1.75. The Morgan fingerprint density at radius 1 is 1.37 bits per heavy atom. The third kappa shape index (κ3) is 2.60. The van der Waals surface area contributed by atoms with Crippen molar-refractivity contribution in [2.45, 2.75) is 19.1 Å². The average Bonchev–Trinajstić information content (AvgIpc) is 2.36. The van der Waals surface area contributed by atoms with E-state index in [0.29, 0.717) is 5.82 Å². The van der Waals surface area contributed by atoms with Crippen molar-refractivity contribution >= 4 is 10.9 Å². The van der Waals surface area contributed by atoms with Crippen LogP contribution in [0.15, 0.2) is 23.0 Å². The third-order valence-electron chi connectivity index (χ3n) is 2.90. The van der Waals surface area contributed by atoms with Crippen LogP contribution in [0.1, 0.15) is 24.4 Å². The highest BCUT2D eigenvalue weighted by atomic mass is 19.4. The summed E-state index contributed by atoms with van der Waals surface area (Å²) in [5.74, 6) is 0.305. The molecule has 0 saturated heterocycles. The summed E-state index contributed by atoms with van der Waals surface area (Å²) in [5, 5.41) is 3.00. The Kier molecular flexibility index (Phi) is 3.32. The average molecular weight is 271 g/mol. The Bertz CT molecular complexity index is 663. The molecule has 2 aromatic rings. The van der Waals surface area contributed by atoms with E-state index in [9.17, 15) is 18.0 Å². The minimum absolute atomic E-state index is 0.0377. The molecule has 0 saturated carbocycles. The predicted molar refractivity (Wildman–Crippen MR) is 64.8 cm³/mol. The standard InChI is InChI=1S/C12H12F3N3O/c1-6(16-2)10-17-9-5-7(12(13,14)15)3-4-8(9)11(19)18-10/h3-6,16H,1-2H3,(H,17,18,19). The Labute approximate surface area is 106 Å². The van der Waals surface area contributed by atoms with Gasteiger partial charge in [0.05, 0.1) is 22.5 Å². The summed E-state index contributed by atoms with van der Waals surface area (Å²) in [6.07, 6.45) is -4.45. The lowest BCUT2D eigenvalue weighted by Gasteiger charge is -2.11. The first kappa shape index (κ1) is 13.5. The number of H-pyrrole nitrogens is 1. The number of hydrogen-bond donors (Lipinski definition) is 2. The lowest BCUT2D eigenvalue weighted by molar-refractivity contribution is -0.137. The molecule has 0 spiro atoms. The van der Waals surface area contributed by atoms with Crippen molar-refractivity contribution in [1.82, 2.24) is 15.3 Å². The first-order valence-electron chi connectivity index (χ1n) is 5.61. The maximum absolute atomic E-state index is 12.6. The monoisotopic (exact) mass is 271 g/mol. The Morgan fingerprint density at radius 3 is 2.63 bits per heavy atom. The van der Waals surface area contributed by atoms with Crippen molar-refractivity contribution < 1.29 is 13.2 Å². The molecule has 7 heteroatoms. The normalized spacial score (nSPS) is 13.7. The van der Waals surface area contributed by atoms with Gasteiger partial charge in [-0.25, -0.2) is 4.98 Å². The van der Waals surface area contributed by atoms with Crippen LogP contribution in [-0.2, 0) is 6.18 Å². The molecule has 0 aliphatic heterocycles. The van der Waals surface area contributed by atoms with E-state index in [1.54, 1.807) is 14.0 Å². The zero-order chi connectivity index (χ0) is 14.2. The molecule has 4 nitrogen and oxygen atoms in total. The molecule has 1 aromatic carbocycles. The predicted octanol–water partition coefficient (Wildman–Crippen LogP) is 2.22. The van der Waals surface area contributed by atoms with Gasteiger partial charge in [-0.15, -0.1) is 0 Å². The van der Waals surface area contributed by atoms with E-state index >= 15 is 0 Å². The molecular formula is C12H12F3N3O. The van der Waals surface area contributed by atoms with Gasteiger partial charge in [0.2, 0.25) is 0 Å². The summed E-state index contributed by atoms with van der Waals surface area (Å²) in [6, 6.07) is 2.64. The maximum atomic E-state index is 12.6. The van der Waals surface area contributed by atoms with Crippen molar-refractivity contribution in [3.63, 3.8) is 0 Å². The number of aromatic nitrogens is 2. The second-order valence-corrected chi connectivity index (χ2v) is 4.19. The summed E-state index contributed by atoms with van der Waals surface area (Å²) in [7, 11) is 1.67. The second kappa shape index (κ2) is 4.65. The van der Waals surface area contributed by atoms with E-state index in [1.165, 1.54) is 0 Å². The first-order valence-corrected chi connectivity index (χ1v) is 5.61. The van der Waals surface area contributed by atoms with Crippen LogP contribution in [0.3, 0.4) is 0 Å². The van der Waals surface area contributed by atoms with Gasteiger partial charge in [-0.2, -0.15) is 13.2 Å². The lowest BCUT2D eigenvalue weighted by atomic mass is 10.1. The maximum Gasteiger partial charge on any atom is 0.416 e. The van der Waals surface area contributed by atoms with E-state index in [1.807, 2.05) is 0 Å². The summed E-state index contributed by atoms with van der Waals surface area (Å²) in [4.78, 5) is 18.4. The number of benzene rings is 1. The Morgan fingerprint density at radius 2 is 2.05 bits per heavy atom. The number of halogens is 3. The molecule has 1 atom stereocenters. The van der Waals surface area contributed by atoms with Crippen molar-refractivity contribution in [3.05, 3.63) is 39.9 Å². The highest BCUT2D eigenvalue weighted by Crippen LogP contribution is 2.30. The molecule has 0 fully saturated rings. The van der Waals surface area contributed by atoms with Gasteiger partial charge in [0, 0.05) is 0 Å². The van der Waals surface area contributed by atoms with Crippen LogP contribution in [0.25, 0.3) is 10.9 Å². The minimum Gasteiger partial charge on any atom is -0.311 e. The van der Waals surface area contributed by atoms with Crippen molar-refractivity contribution in [2.75, 3.05) is 7.05 Å². The van der Waals surface area contributed by atoms with Gasteiger partial charge in [-0.1, -0.05) is 0 Å². The highest BCUT2D eigenvalue weighted by molar-refractivity contribution is 5.78. The molecular weight excluding hydrogens is 259 g/mol. The highest BCUT2D eigenvalue weighted by Gasteiger charge is 2.30. The number of nitrogens with one attached hydrogen (secondary N) is 2. The zero-order valence-corrected chi connectivity index (χ0v) is 10.3. The summed E-state index contributed by atoms with van der Waals surface area (Å²) < 4.78 is 37.8. The van der Waals surface area contributed by atoms with Gasteiger partial charge in [0.15, 0.2) is 0 Å². The van der Waals surface area contributed by atoms with Crippen LogP contribution in [0.4, 0.5) is 13.2 Å². The van der Waals surface area contributed by atoms with E-state index in [0.717, 1.165) is 18.2 Å². The number of hydrogen-bond acceptors (Lipinski definition) is 3. The van der Waals surface area contributed by atoms with Crippen LogP contribution in [0.2, 0.25) is 0 Å². The van der Waals surface area contributed by atoms with Crippen LogP contribution < -0.4 is 10.9 Å². The molecule has 0 amide bonds. The molecule has 2 N–H and O–H groups in total. The number of rotatable bonds is 2. The van der Waals surface area contributed by atoms with Crippen LogP contribution in [0, 0.1) is 0 Å². The number of alkyl halides is 3. The molecule has 0 aliphatic carbocycles. The van der Waals surface area contributed by atoms with Crippen molar-refractivity contribution in [2.24, 2.45) is 0 Å². The van der Waals surface area contributed by atoms with Crippen LogP contribution in [0.5, 0.6) is 0 Å². The molecule has 2 rings (SSSR count). The molecule has 0 bridgehead atoms. The van der Waals surface area contributed by atoms with Gasteiger partial charge in [-0.3, -0.25) is 4.79 Å². The summed E-state index contributed by atoms with van der Waals surface area (Å²) in [5.41, 5.74) is -1.23. The van der Waals surface area contributed by atoms with E-state index in [4.69, 9.17) is 0 Å². The van der Waals surface area contributed by atoms with Gasteiger partial charge in [-0.05, 0) is 32.2 Å².